The molecular formula is C22H22BrNO4. The lowest BCUT2D eigenvalue weighted by Gasteiger charge is -2.36. The third-order valence-electron chi connectivity index (χ3n) is 5.14. The Kier molecular flexibility index (Phi) is 6.29. The van der Waals surface area contributed by atoms with Crippen LogP contribution in [-0.4, -0.2) is 37.9 Å². The highest BCUT2D eigenvalue weighted by Gasteiger charge is 2.56. The molecule has 146 valence electrons. The average Bonchev–Trinajstić information content (AvgIpc) is 2.74. The van der Waals surface area contributed by atoms with Gasteiger partial charge in [-0.1, -0.05) is 52.3 Å². The third-order valence-corrected chi connectivity index (χ3v) is 5.63. The number of carbonyl (C=O) groups excluding carboxylic acids is 2. The van der Waals surface area contributed by atoms with E-state index in [9.17, 15) is 9.59 Å². The van der Waals surface area contributed by atoms with Gasteiger partial charge >= 0.3 is 11.9 Å². The number of aryl methyl sites for hydroxylation is 1. The van der Waals surface area contributed by atoms with Crippen LogP contribution in [0.25, 0.3) is 0 Å². The summed E-state index contributed by atoms with van der Waals surface area (Å²) in [5, 5.41) is 0. The van der Waals surface area contributed by atoms with Gasteiger partial charge in [0.2, 0.25) is 0 Å². The summed E-state index contributed by atoms with van der Waals surface area (Å²) < 4.78 is 11.0. The van der Waals surface area contributed by atoms with E-state index in [1.807, 2.05) is 48.5 Å². The summed E-state index contributed by atoms with van der Waals surface area (Å²) in [5.41, 5.74) is 1.01. The zero-order valence-electron chi connectivity index (χ0n) is 15.9. The number of esters is 2. The Hall–Kier alpha value is -2.47. The number of rotatable bonds is 5. The lowest BCUT2D eigenvalue weighted by molar-refractivity contribution is -0.162. The second-order valence-electron chi connectivity index (χ2n) is 6.71. The standard InChI is InChI=1S/C22H22BrNO4/c1-27-20(25)22(21(26)28-2,24-14-15-7-4-3-5-8-15)19-10-6-9-16-11-12-17(23)13-18(16)19/h3-5,7-8,11-14,19H,6,9-10H2,1-2H3/b24-14+/t19-/m1/s1. The smallest absolute Gasteiger partial charge is 0.346 e. The zero-order valence-corrected chi connectivity index (χ0v) is 17.4. The van der Waals surface area contributed by atoms with Crippen LogP contribution in [0.3, 0.4) is 0 Å². The van der Waals surface area contributed by atoms with Crippen LogP contribution in [0.2, 0.25) is 0 Å². The normalized spacial score (nSPS) is 16.5. The second-order valence-corrected chi connectivity index (χ2v) is 7.62. The van der Waals surface area contributed by atoms with Crippen LogP contribution in [0.5, 0.6) is 0 Å². The first-order chi connectivity index (χ1) is 13.5. The first-order valence-corrected chi connectivity index (χ1v) is 9.87. The topological polar surface area (TPSA) is 65.0 Å². The molecule has 0 saturated heterocycles. The molecule has 0 bridgehead atoms. The molecule has 6 heteroatoms. The molecule has 0 N–H and O–H groups in total. The van der Waals surface area contributed by atoms with Crippen LogP contribution in [0.1, 0.15) is 35.4 Å². The van der Waals surface area contributed by atoms with Crippen molar-refractivity contribution in [2.24, 2.45) is 4.99 Å². The van der Waals surface area contributed by atoms with Crippen LogP contribution < -0.4 is 0 Å². The van der Waals surface area contributed by atoms with Crippen LogP contribution >= 0.6 is 15.9 Å². The molecule has 0 unspecified atom stereocenters. The molecule has 0 heterocycles. The Morgan fingerprint density at radius 1 is 1.11 bits per heavy atom. The van der Waals surface area contributed by atoms with Crippen molar-refractivity contribution in [2.45, 2.75) is 30.7 Å². The van der Waals surface area contributed by atoms with Crippen molar-refractivity contribution in [3.8, 4) is 0 Å². The number of aliphatic imine (C=N–C) groups is 1. The van der Waals surface area contributed by atoms with Gasteiger partial charge in [0, 0.05) is 16.6 Å². The number of benzene rings is 2. The molecular weight excluding hydrogens is 422 g/mol. The van der Waals surface area contributed by atoms with Gasteiger partial charge in [-0.25, -0.2) is 9.59 Å². The third kappa shape index (κ3) is 3.74. The molecule has 2 aromatic carbocycles. The fourth-order valence-corrected chi connectivity index (χ4v) is 4.17. The highest BCUT2D eigenvalue weighted by atomic mass is 79.9. The van der Waals surface area contributed by atoms with Crippen molar-refractivity contribution in [3.63, 3.8) is 0 Å². The summed E-state index contributed by atoms with van der Waals surface area (Å²) >= 11 is 3.50. The summed E-state index contributed by atoms with van der Waals surface area (Å²) in [5.74, 6) is -1.91. The van der Waals surface area contributed by atoms with Gasteiger partial charge in [-0.15, -0.1) is 0 Å². The molecule has 1 aliphatic carbocycles. The maximum atomic E-state index is 13.0. The summed E-state index contributed by atoms with van der Waals surface area (Å²) in [4.78, 5) is 30.5. The van der Waals surface area contributed by atoms with E-state index < -0.39 is 23.4 Å². The maximum absolute atomic E-state index is 13.0. The minimum Gasteiger partial charge on any atom is -0.467 e. The van der Waals surface area contributed by atoms with E-state index in [1.54, 1.807) is 6.21 Å². The van der Waals surface area contributed by atoms with Gasteiger partial charge in [-0.2, -0.15) is 0 Å². The SMILES string of the molecule is COC(=O)C(/N=C/c1ccccc1)(C(=O)OC)[C@@H]1CCCc2ccc(Br)cc21. The van der Waals surface area contributed by atoms with Crippen molar-refractivity contribution < 1.29 is 19.1 Å². The second kappa shape index (κ2) is 8.69. The Balaban J connectivity index is 2.19. The fourth-order valence-electron chi connectivity index (χ4n) is 3.79. The summed E-state index contributed by atoms with van der Waals surface area (Å²) in [6, 6.07) is 15.3. The van der Waals surface area contributed by atoms with Gasteiger partial charge < -0.3 is 9.47 Å². The van der Waals surface area contributed by atoms with E-state index in [0.717, 1.165) is 34.0 Å². The first kappa shape index (κ1) is 20.3. The van der Waals surface area contributed by atoms with Gasteiger partial charge in [0.1, 0.15) is 0 Å². The van der Waals surface area contributed by atoms with Crippen molar-refractivity contribution in [1.82, 2.24) is 0 Å². The van der Waals surface area contributed by atoms with Crippen molar-refractivity contribution in [2.75, 3.05) is 14.2 Å². The van der Waals surface area contributed by atoms with E-state index in [4.69, 9.17) is 9.47 Å². The Morgan fingerprint density at radius 2 is 1.79 bits per heavy atom. The molecule has 0 radical (unpaired) electrons. The Labute approximate surface area is 172 Å². The van der Waals surface area contributed by atoms with Gasteiger partial charge in [0.15, 0.2) is 0 Å². The first-order valence-electron chi connectivity index (χ1n) is 9.08. The zero-order chi connectivity index (χ0) is 20.1. The molecule has 1 atom stereocenters. The number of ether oxygens (including phenoxy) is 2. The average molecular weight is 444 g/mol. The molecule has 0 fully saturated rings. The lowest BCUT2D eigenvalue weighted by atomic mass is 9.71. The highest BCUT2D eigenvalue weighted by molar-refractivity contribution is 9.10. The fraction of sp³-hybridized carbons (Fsp3) is 0.318. The Morgan fingerprint density at radius 3 is 2.43 bits per heavy atom. The van der Waals surface area contributed by atoms with Crippen LogP contribution in [0, 0.1) is 0 Å². The van der Waals surface area contributed by atoms with Gasteiger partial charge in [0.05, 0.1) is 14.2 Å². The maximum Gasteiger partial charge on any atom is 0.346 e. The molecule has 1 aliphatic rings. The minimum atomic E-state index is -1.80. The summed E-state index contributed by atoms with van der Waals surface area (Å²) in [6.45, 7) is 0. The minimum absolute atomic E-state index is 0.478. The predicted octanol–water partition coefficient (Wildman–Crippen LogP) is 4.07. The number of nitrogens with zero attached hydrogens (tertiary/aromatic N) is 1. The van der Waals surface area contributed by atoms with Gasteiger partial charge in [-0.3, -0.25) is 4.99 Å². The van der Waals surface area contributed by atoms with Gasteiger partial charge in [-0.05, 0) is 48.1 Å². The van der Waals surface area contributed by atoms with Crippen molar-refractivity contribution in [3.05, 3.63) is 69.7 Å². The quantitative estimate of drug-likeness (QED) is 0.396. The number of hydrogen-bond acceptors (Lipinski definition) is 5. The van der Waals surface area contributed by atoms with Crippen LogP contribution in [-0.2, 0) is 25.5 Å². The monoisotopic (exact) mass is 443 g/mol. The number of hydrogen-bond donors (Lipinski definition) is 0. The van der Waals surface area contributed by atoms with E-state index >= 15 is 0 Å². The molecule has 2 aromatic rings. The molecule has 0 spiro atoms. The Bertz CT molecular complexity index is 879. The van der Waals surface area contributed by atoms with Crippen LogP contribution in [0.4, 0.5) is 0 Å². The van der Waals surface area contributed by atoms with E-state index in [2.05, 4.69) is 20.9 Å². The van der Waals surface area contributed by atoms with E-state index in [0.29, 0.717) is 6.42 Å². The molecule has 0 saturated carbocycles. The molecule has 0 aromatic heterocycles. The van der Waals surface area contributed by atoms with Gasteiger partial charge in [0.25, 0.3) is 5.54 Å². The molecule has 0 amide bonds. The molecule has 5 nitrogen and oxygen atoms in total. The number of carbonyl (C=O) groups is 2. The number of halogens is 1. The van der Waals surface area contributed by atoms with Crippen molar-refractivity contribution >= 4 is 34.1 Å². The largest absolute Gasteiger partial charge is 0.467 e. The molecule has 3 rings (SSSR count). The van der Waals surface area contributed by atoms with Crippen molar-refractivity contribution in [1.29, 1.82) is 0 Å². The number of methoxy groups -OCH3 is 2. The summed E-state index contributed by atoms with van der Waals surface area (Å²) in [6.07, 6.45) is 3.90. The van der Waals surface area contributed by atoms with E-state index in [1.165, 1.54) is 14.2 Å². The molecule has 0 aliphatic heterocycles. The van der Waals surface area contributed by atoms with Crippen LogP contribution in [0.15, 0.2) is 58.0 Å². The summed E-state index contributed by atoms with van der Waals surface area (Å²) in [7, 11) is 2.53. The lowest BCUT2D eigenvalue weighted by Crippen LogP contribution is -2.52. The molecule has 28 heavy (non-hydrogen) atoms. The van der Waals surface area contributed by atoms with E-state index in [-0.39, 0.29) is 0 Å². The number of fused-ring (bicyclic) bond motifs is 1. The highest BCUT2D eigenvalue weighted by Crippen LogP contribution is 2.43. The predicted molar refractivity (Wildman–Crippen MR) is 111 cm³/mol.